The highest BCUT2D eigenvalue weighted by Crippen LogP contribution is 2.35. The molecule has 0 aromatic carbocycles. The molecule has 0 saturated carbocycles. The van der Waals surface area contributed by atoms with Gasteiger partial charge >= 0.3 is 6.18 Å². The first-order valence-electron chi connectivity index (χ1n) is 4.31. The Bertz CT molecular complexity index is 419. The lowest BCUT2D eigenvalue weighted by Crippen LogP contribution is -2.12. The van der Waals surface area contributed by atoms with E-state index in [0.717, 1.165) is 12.0 Å². The third-order valence-electron chi connectivity index (χ3n) is 2.40. The average molecular weight is 219 g/mol. The first-order chi connectivity index (χ1) is 6.48. The number of hydrogen-bond acceptors (Lipinski definition) is 1. The zero-order valence-corrected chi connectivity index (χ0v) is 8.06. The van der Waals surface area contributed by atoms with E-state index in [9.17, 15) is 13.2 Å². The SMILES string of the molecule is FC(F)(F)c1[nH]c(=S)cc2c1CCC2. The number of halogens is 3. The summed E-state index contributed by atoms with van der Waals surface area (Å²) in [5.41, 5.74) is 0.490. The van der Waals surface area contributed by atoms with E-state index in [1.54, 1.807) is 6.07 Å². The molecule has 1 aromatic heterocycles. The van der Waals surface area contributed by atoms with Crippen LogP contribution in [0.5, 0.6) is 0 Å². The molecule has 0 saturated heterocycles. The van der Waals surface area contributed by atoms with Gasteiger partial charge in [0.15, 0.2) is 0 Å². The molecular weight excluding hydrogens is 211 g/mol. The quantitative estimate of drug-likeness (QED) is 0.662. The highest BCUT2D eigenvalue weighted by molar-refractivity contribution is 7.71. The molecule has 0 fully saturated rings. The van der Waals surface area contributed by atoms with Gasteiger partial charge in [0.1, 0.15) is 10.3 Å². The third-order valence-corrected chi connectivity index (χ3v) is 2.62. The van der Waals surface area contributed by atoms with Crippen LogP contribution in [-0.4, -0.2) is 4.98 Å². The maximum Gasteiger partial charge on any atom is 0.431 e. The van der Waals surface area contributed by atoms with E-state index >= 15 is 0 Å². The van der Waals surface area contributed by atoms with Gasteiger partial charge in [-0.15, -0.1) is 0 Å². The monoisotopic (exact) mass is 219 g/mol. The predicted octanol–water partition coefficient (Wildman–Crippen LogP) is 3.25. The van der Waals surface area contributed by atoms with Crippen molar-refractivity contribution >= 4 is 12.2 Å². The number of aromatic amines is 1. The van der Waals surface area contributed by atoms with Crippen LogP contribution in [0.1, 0.15) is 23.2 Å². The van der Waals surface area contributed by atoms with Crippen molar-refractivity contribution in [1.29, 1.82) is 0 Å². The van der Waals surface area contributed by atoms with Crippen LogP contribution in [0, 0.1) is 4.64 Å². The van der Waals surface area contributed by atoms with Gasteiger partial charge in [0.25, 0.3) is 0 Å². The molecule has 0 amide bonds. The Morgan fingerprint density at radius 2 is 2.00 bits per heavy atom. The Balaban J connectivity index is 2.66. The van der Waals surface area contributed by atoms with Crippen LogP contribution >= 0.6 is 12.2 Å². The van der Waals surface area contributed by atoms with Crippen molar-refractivity contribution < 1.29 is 13.2 Å². The fourth-order valence-electron chi connectivity index (χ4n) is 1.85. The highest BCUT2D eigenvalue weighted by Gasteiger charge is 2.36. The fourth-order valence-corrected chi connectivity index (χ4v) is 2.09. The summed E-state index contributed by atoms with van der Waals surface area (Å²) in [5, 5.41) is 0. The number of H-pyrrole nitrogens is 1. The molecule has 1 aromatic rings. The lowest BCUT2D eigenvalue weighted by atomic mass is 10.1. The van der Waals surface area contributed by atoms with Gasteiger partial charge in [-0.3, -0.25) is 0 Å². The number of rotatable bonds is 0. The summed E-state index contributed by atoms with van der Waals surface area (Å²) >= 11 is 4.75. The predicted molar refractivity (Wildman–Crippen MR) is 48.7 cm³/mol. The maximum atomic E-state index is 12.5. The van der Waals surface area contributed by atoms with Crippen molar-refractivity contribution in [2.45, 2.75) is 25.4 Å². The second-order valence-electron chi connectivity index (χ2n) is 3.36. The molecule has 1 N–H and O–H groups in total. The molecule has 2 rings (SSSR count). The molecule has 0 spiro atoms. The van der Waals surface area contributed by atoms with E-state index in [-0.39, 0.29) is 4.64 Å². The van der Waals surface area contributed by atoms with Crippen LogP contribution in [0.3, 0.4) is 0 Å². The Morgan fingerprint density at radius 1 is 1.29 bits per heavy atom. The van der Waals surface area contributed by atoms with E-state index < -0.39 is 11.9 Å². The summed E-state index contributed by atoms with van der Waals surface area (Å²) in [4.78, 5) is 2.24. The molecule has 0 radical (unpaired) electrons. The van der Waals surface area contributed by atoms with Gasteiger partial charge in [-0.1, -0.05) is 12.2 Å². The van der Waals surface area contributed by atoms with Gasteiger partial charge in [-0.05, 0) is 36.5 Å². The van der Waals surface area contributed by atoms with E-state index in [1.807, 2.05) is 0 Å². The molecule has 1 heterocycles. The van der Waals surface area contributed by atoms with E-state index in [4.69, 9.17) is 12.2 Å². The summed E-state index contributed by atoms with van der Waals surface area (Å²) in [7, 11) is 0. The minimum absolute atomic E-state index is 0.165. The Labute approximate surface area is 84.0 Å². The van der Waals surface area contributed by atoms with Crippen molar-refractivity contribution in [2.24, 2.45) is 0 Å². The topological polar surface area (TPSA) is 15.8 Å². The maximum absolute atomic E-state index is 12.5. The average Bonchev–Trinajstić information content (AvgIpc) is 2.47. The van der Waals surface area contributed by atoms with Crippen LogP contribution in [0.25, 0.3) is 0 Å². The molecule has 14 heavy (non-hydrogen) atoms. The molecule has 76 valence electrons. The number of aromatic nitrogens is 1. The van der Waals surface area contributed by atoms with E-state index in [1.165, 1.54) is 0 Å². The lowest BCUT2D eigenvalue weighted by Gasteiger charge is -2.11. The van der Waals surface area contributed by atoms with Gasteiger partial charge < -0.3 is 4.98 Å². The second-order valence-corrected chi connectivity index (χ2v) is 3.80. The van der Waals surface area contributed by atoms with E-state index in [2.05, 4.69) is 4.98 Å². The number of aryl methyl sites for hydroxylation is 1. The number of nitrogens with one attached hydrogen (secondary N) is 1. The van der Waals surface area contributed by atoms with Gasteiger partial charge in [0, 0.05) is 0 Å². The zero-order valence-electron chi connectivity index (χ0n) is 7.24. The number of alkyl halides is 3. The summed E-state index contributed by atoms with van der Waals surface area (Å²) in [6, 6.07) is 1.63. The highest BCUT2D eigenvalue weighted by atomic mass is 32.1. The Morgan fingerprint density at radius 3 is 2.64 bits per heavy atom. The fraction of sp³-hybridized carbons (Fsp3) is 0.444. The molecule has 1 aliphatic rings. The van der Waals surface area contributed by atoms with Crippen molar-refractivity contribution in [3.05, 3.63) is 27.5 Å². The van der Waals surface area contributed by atoms with Gasteiger partial charge in [0.05, 0.1) is 0 Å². The van der Waals surface area contributed by atoms with Crippen LogP contribution in [0.4, 0.5) is 13.2 Å². The molecule has 0 unspecified atom stereocenters. The standard InChI is InChI=1S/C9H8F3NS/c10-9(11,12)8-6-3-1-2-5(6)4-7(14)13-8/h4H,1-3H2,(H,13,14). The minimum Gasteiger partial charge on any atom is -0.342 e. The molecular formula is C9H8F3NS. The largest absolute Gasteiger partial charge is 0.431 e. The van der Waals surface area contributed by atoms with Gasteiger partial charge in [-0.2, -0.15) is 13.2 Å². The van der Waals surface area contributed by atoms with Gasteiger partial charge in [-0.25, -0.2) is 0 Å². The molecule has 0 bridgehead atoms. The smallest absolute Gasteiger partial charge is 0.342 e. The summed E-state index contributed by atoms with van der Waals surface area (Å²) in [6.45, 7) is 0. The zero-order chi connectivity index (χ0) is 10.3. The van der Waals surface area contributed by atoms with Gasteiger partial charge in [0.2, 0.25) is 0 Å². The summed E-state index contributed by atoms with van der Waals surface area (Å²) in [5.74, 6) is 0. The molecule has 0 atom stereocenters. The van der Waals surface area contributed by atoms with Crippen LogP contribution in [0.2, 0.25) is 0 Å². The number of fused-ring (bicyclic) bond motifs is 1. The van der Waals surface area contributed by atoms with Crippen molar-refractivity contribution in [3.8, 4) is 0 Å². The third kappa shape index (κ3) is 1.56. The number of pyridine rings is 1. The number of hydrogen-bond donors (Lipinski definition) is 1. The molecule has 1 nitrogen and oxygen atoms in total. The van der Waals surface area contributed by atoms with Crippen LogP contribution in [-0.2, 0) is 19.0 Å². The van der Waals surface area contributed by atoms with Crippen LogP contribution < -0.4 is 0 Å². The first kappa shape index (κ1) is 9.71. The van der Waals surface area contributed by atoms with Crippen molar-refractivity contribution in [3.63, 3.8) is 0 Å². The molecule has 0 aliphatic heterocycles. The Hall–Kier alpha value is -0.840. The molecule has 1 aliphatic carbocycles. The first-order valence-corrected chi connectivity index (χ1v) is 4.71. The van der Waals surface area contributed by atoms with Crippen LogP contribution in [0.15, 0.2) is 6.07 Å². The van der Waals surface area contributed by atoms with E-state index in [0.29, 0.717) is 18.4 Å². The molecule has 5 heteroatoms. The summed E-state index contributed by atoms with van der Waals surface area (Å²) in [6.07, 6.45) is -2.33. The normalized spacial score (nSPS) is 15.6. The van der Waals surface area contributed by atoms with Crippen molar-refractivity contribution in [1.82, 2.24) is 4.98 Å². The minimum atomic E-state index is -4.32. The Kier molecular flexibility index (Phi) is 2.14. The second kappa shape index (κ2) is 3.08. The van der Waals surface area contributed by atoms with Crippen molar-refractivity contribution in [2.75, 3.05) is 0 Å². The lowest BCUT2D eigenvalue weighted by molar-refractivity contribution is -0.141. The summed E-state index contributed by atoms with van der Waals surface area (Å²) < 4.78 is 37.8.